The van der Waals surface area contributed by atoms with Gasteiger partial charge in [-0.3, -0.25) is 0 Å². The van der Waals surface area contributed by atoms with E-state index in [2.05, 4.69) is 10.6 Å². The zero-order valence-electron chi connectivity index (χ0n) is 11.8. The Hall–Kier alpha value is -1.75. The van der Waals surface area contributed by atoms with E-state index in [1.54, 1.807) is 7.11 Å². The number of benzene rings is 1. The van der Waals surface area contributed by atoms with E-state index in [0.29, 0.717) is 12.1 Å². The van der Waals surface area contributed by atoms with Crippen molar-refractivity contribution in [1.29, 1.82) is 0 Å². The lowest BCUT2D eigenvalue weighted by atomic mass is 10.1. The molecule has 2 heterocycles. The van der Waals surface area contributed by atoms with E-state index < -0.39 is 0 Å². The number of urea groups is 1. The third-order valence-corrected chi connectivity index (χ3v) is 4.13. The van der Waals surface area contributed by atoms with Gasteiger partial charge in [-0.2, -0.15) is 0 Å². The molecule has 0 spiro atoms. The quantitative estimate of drug-likeness (QED) is 0.868. The minimum atomic E-state index is -0.0207. The molecule has 2 atom stereocenters. The van der Waals surface area contributed by atoms with Crippen LogP contribution in [0, 0.1) is 0 Å². The maximum absolute atomic E-state index is 12.3. The van der Waals surface area contributed by atoms with Gasteiger partial charge in [-0.05, 0) is 31.4 Å². The fourth-order valence-electron chi connectivity index (χ4n) is 3.03. The molecule has 2 saturated heterocycles. The van der Waals surface area contributed by atoms with Gasteiger partial charge in [-0.1, -0.05) is 6.07 Å². The van der Waals surface area contributed by atoms with Gasteiger partial charge in [0, 0.05) is 36.9 Å². The van der Waals surface area contributed by atoms with Crippen molar-refractivity contribution < 1.29 is 9.53 Å². The second-order valence-corrected chi connectivity index (χ2v) is 5.53. The molecule has 2 fully saturated rings. The summed E-state index contributed by atoms with van der Waals surface area (Å²) < 4.78 is 5.17. The number of ether oxygens (including phenoxy) is 1. The summed E-state index contributed by atoms with van der Waals surface area (Å²) in [6.07, 6.45) is 3.46. The first kappa shape index (κ1) is 13.2. The topological polar surface area (TPSA) is 53.6 Å². The first-order valence-corrected chi connectivity index (χ1v) is 7.20. The summed E-state index contributed by atoms with van der Waals surface area (Å²) in [5, 5.41) is 6.53. The molecule has 0 aliphatic carbocycles. The highest BCUT2D eigenvalue weighted by Crippen LogP contribution is 2.22. The van der Waals surface area contributed by atoms with E-state index in [9.17, 15) is 4.79 Å². The van der Waals surface area contributed by atoms with Crippen molar-refractivity contribution >= 4 is 11.7 Å². The Morgan fingerprint density at radius 2 is 2.20 bits per heavy atom. The van der Waals surface area contributed by atoms with Gasteiger partial charge in [-0.25, -0.2) is 4.79 Å². The van der Waals surface area contributed by atoms with Crippen LogP contribution >= 0.6 is 0 Å². The third kappa shape index (κ3) is 2.88. The van der Waals surface area contributed by atoms with Crippen molar-refractivity contribution in [2.45, 2.75) is 31.3 Å². The van der Waals surface area contributed by atoms with Gasteiger partial charge in [0.25, 0.3) is 0 Å². The number of nitrogens with one attached hydrogen (secondary N) is 2. The summed E-state index contributed by atoms with van der Waals surface area (Å²) in [6, 6.07) is 8.48. The van der Waals surface area contributed by atoms with Crippen molar-refractivity contribution in [3.8, 4) is 5.75 Å². The van der Waals surface area contributed by atoms with Gasteiger partial charge in [0.05, 0.1) is 7.11 Å². The standard InChI is InChI=1S/C15H21N3O2/c1-20-14-4-2-3-12(9-14)17-15(19)18-8-7-11-5-6-13(10-18)16-11/h2-4,9,11,13,16H,5-8,10H2,1H3,(H,17,19). The molecule has 0 saturated carbocycles. The normalized spacial score (nSPS) is 25.1. The number of hydrogen-bond acceptors (Lipinski definition) is 3. The molecule has 0 radical (unpaired) electrons. The summed E-state index contributed by atoms with van der Waals surface area (Å²) in [7, 11) is 1.62. The van der Waals surface area contributed by atoms with E-state index in [-0.39, 0.29) is 6.03 Å². The van der Waals surface area contributed by atoms with E-state index in [4.69, 9.17) is 4.74 Å². The maximum Gasteiger partial charge on any atom is 0.321 e. The number of rotatable bonds is 2. The van der Waals surface area contributed by atoms with Gasteiger partial charge in [0.1, 0.15) is 5.75 Å². The molecule has 108 valence electrons. The Kier molecular flexibility index (Phi) is 3.78. The molecule has 5 nitrogen and oxygen atoms in total. The van der Waals surface area contributed by atoms with Gasteiger partial charge in [-0.15, -0.1) is 0 Å². The lowest BCUT2D eigenvalue weighted by Crippen LogP contribution is -2.41. The third-order valence-electron chi connectivity index (χ3n) is 4.13. The van der Waals surface area contributed by atoms with E-state index in [1.807, 2.05) is 29.2 Å². The Bertz CT molecular complexity index is 492. The average molecular weight is 275 g/mol. The molecule has 2 bridgehead atoms. The summed E-state index contributed by atoms with van der Waals surface area (Å²) in [5.74, 6) is 0.749. The van der Waals surface area contributed by atoms with Crippen molar-refractivity contribution in [1.82, 2.24) is 10.2 Å². The van der Waals surface area contributed by atoms with Crippen LogP contribution in [-0.2, 0) is 0 Å². The maximum atomic E-state index is 12.3. The predicted molar refractivity (Wildman–Crippen MR) is 78.1 cm³/mol. The monoisotopic (exact) mass is 275 g/mol. The predicted octanol–water partition coefficient (Wildman–Crippen LogP) is 2.05. The van der Waals surface area contributed by atoms with Crippen LogP contribution < -0.4 is 15.4 Å². The van der Waals surface area contributed by atoms with Crippen LogP contribution in [0.4, 0.5) is 10.5 Å². The molecule has 2 aliphatic rings. The van der Waals surface area contributed by atoms with Crippen molar-refractivity contribution in [2.75, 3.05) is 25.5 Å². The van der Waals surface area contributed by atoms with Gasteiger partial charge < -0.3 is 20.3 Å². The zero-order valence-corrected chi connectivity index (χ0v) is 11.8. The number of carbonyl (C=O) groups is 1. The lowest BCUT2D eigenvalue weighted by molar-refractivity contribution is 0.208. The minimum absolute atomic E-state index is 0.0207. The molecule has 20 heavy (non-hydrogen) atoms. The molecule has 0 aromatic heterocycles. The molecule has 2 amide bonds. The van der Waals surface area contributed by atoms with Crippen LogP contribution in [0.1, 0.15) is 19.3 Å². The van der Waals surface area contributed by atoms with Crippen LogP contribution in [0.25, 0.3) is 0 Å². The summed E-state index contributed by atoms with van der Waals surface area (Å²) in [4.78, 5) is 14.3. The van der Waals surface area contributed by atoms with Gasteiger partial charge in [0.15, 0.2) is 0 Å². The fraction of sp³-hybridized carbons (Fsp3) is 0.533. The molecular formula is C15H21N3O2. The van der Waals surface area contributed by atoms with Crippen molar-refractivity contribution in [3.05, 3.63) is 24.3 Å². The van der Waals surface area contributed by atoms with E-state index in [0.717, 1.165) is 30.9 Å². The number of methoxy groups -OCH3 is 1. The number of hydrogen-bond donors (Lipinski definition) is 2. The van der Waals surface area contributed by atoms with Crippen LogP contribution in [0.5, 0.6) is 5.75 Å². The van der Waals surface area contributed by atoms with Crippen LogP contribution in [0.3, 0.4) is 0 Å². The molecule has 2 aliphatic heterocycles. The van der Waals surface area contributed by atoms with Gasteiger partial charge >= 0.3 is 6.03 Å². The molecule has 5 heteroatoms. The molecular weight excluding hydrogens is 254 g/mol. The second-order valence-electron chi connectivity index (χ2n) is 5.53. The Labute approximate surface area is 119 Å². The minimum Gasteiger partial charge on any atom is -0.497 e. The molecule has 1 aromatic carbocycles. The fourth-order valence-corrected chi connectivity index (χ4v) is 3.03. The second kappa shape index (κ2) is 5.71. The molecule has 1 aromatic rings. The summed E-state index contributed by atoms with van der Waals surface area (Å²) in [5.41, 5.74) is 0.775. The van der Waals surface area contributed by atoms with E-state index >= 15 is 0 Å². The van der Waals surface area contributed by atoms with Crippen LogP contribution in [-0.4, -0.2) is 43.2 Å². The highest BCUT2D eigenvalue weighted by molar-refractivity contribution is 5.89. The highest BCUT2D eigenvalue weighted by Gasteiger charge is 2.31. The largest absolute Gasteiger partial charge is 0.497 e. The molecule has 2 unspecified atom stereocenters. The zero-order chi connectivity index (χ0) is 13.9. The number of nitrogens with zero attached hydrogens (tertiary/aromatic N) is 1. The summed E-state index contributed by atoms with van der Waals surface area (Å²) in [6.45, 7) is 1.62. The highest BCUT2D eigenvalue weighted by atomic mass is 16.5. The van der Waals surface area contributed by atoms with Crippen molar-refractivity contribution in [3.63, 3.8) is 0 Å². The number of anilines is 1. The van der Waals surface area contributed by atoms with Crippen molar-refractivity contribution in [2.24, 2.45) is 0 Å². The number of amides is 2. The first-order valence-electron chi connectivity index (χ1n) is 7.20. The Balaban J connectivity index is 1.63. The Morgan fingerprint density at radius 1 is 1.35 bits per heavy atom. The SMILES string of the molecule is COc1cccc(NC(=O)N2CCC3CCC(C2)N3)c1. The molecule has 3 rings (SSSR count). The number of likely N-dealkylation sites (tertiary alicyclic amines) is 1. The van der Waals surface area contributed by atoms with Crippen LogP contribution in [0.15, 0.2) is 24.3 Å². The van der Waals surface area contributed by atoms with Crippen LogP contribution in [0.2, 0.25) is 0 Å². The first-order chi connectivity index (χ1) is 9.74. The Morgan fingerprint density at radius 3 is 3.05 bits per heavy atom. The smallest absolute Gasteiger partial charge is 0.321 e. The number of carbonyl (C=O) groups excluding carboxylic acids is 1. The summed E-state index contributed by atoms with van der Waals surface area (Å²) >= 11 is 0. The molecule has 2 N–H and O–H groups in total. The number of fused-ring (bicyclic) bond motifs is 2. The van der Waals surface area contributed by atoms with Gasteiger partial charge in [0.2, 0.25) is 0 Å². The van der Waals surface area contributed by atoms with E-state index in [1.165, 1.54) is 12.8 Å². The average Bonchev–Trinajstić information content (AvgIpc) is 2.78. The lowest BCUT2D eigenvalue weighted by Gasteiger charge is -2.24.